The van der Waals surface area contributed by atoms with E-state index in [4.69, 9.17) is 0 Å². The molecule has 1 aromatic carbocycles. The Balaban J connectivity index is 2.26. The molecule has 0 spiro atoms. The van der Waals surface area contributed by atoms with Crippen LogP contribution in [0.2, 0.25) is 0 Å². The van der Waals surface area contributed by atoms with Gasteiger partial charge in [-0.05, 0) is 37.3 Å². The SMILES string of the molecule is Oc1cccc(F)c1CC1CC1. The molecule has 0 aliphatic heterocycles. The van der Waals surface area contributed by atoms with E-state index in [-0.39, 0.29) is 11.6 Å². The number of phenolic OH excluding ortho intramolecular Hbond substituents is 1. The second kappa shape index (κ2) is 2.77. The lowest BCUT2D eigenvalue weighted by atomic mass is 10.1. The first-order valence-corrected chi connectivity index (χ1v) is 4.23. The van der Waals surface area contributed by atoms with Gasteiger partial charge in [0.05, 0.1) is 0 Å². The van der Waals surface area contributed by atoms with Crippen LogP contribution in [0.5, 0.6) is 5.75 Å². The van der Waals surface area contributed by atoms with Crippen molar-refractivity contribution in [2.75, 3.05) is 0 Å². The molecule has 1 aliphatic rings. The average Bonchev–Trinajstić information content (AvgIpc) is 2.80. The molecule has 0 unspecified atom stereocenters. The summed E-state index contributed by atoms with van der Waals surface area (Å²) in [5.74, 6) is 0.427. The molecular formula is C10H11FO. The fourth-order valence-corrected chi connectivity index (χ4v) is 1.36. The molecule has 2 rings (SSSR count). The number of hydrogen-bond donors (Lipinski definition) is 1. The van der Waals surface area contributed by atoms with Gasteiger partial charge in [0.25, 0.3) is 0 Å². The van der Waals surface area contributed by atoms with Gasteiger partial charge in [0.15, 0.2) is 0 Å². The minimum absolute atomic E-state index is 0.0990. The number of halogens is 1. The molecule has 0 radical (unpaired) electrons. The maximum Gasteiger partial charge on any atom is 0.130 e. The van der Waals surface area contributed by atoms with E-state index in [1.54, 1.807) is 6.07 Å². The van der Waals surface area contributed by atoms with Crippen LogP contribution in [0.1, 0.15) is 18.4 Å². The van der Waals surface area contributed by atoms with Gasteiger partial charge in [0.2, 0.25) is 0 Å². The molecule has 1 aliphatic carbocycles. The van der Waals surface area contributed by atoms with Gasteiger partial charge in [-0.2, -0.15) is 0 Å². The highest BCUT2D eigenvalue weighted by Crippen LogP contribution is 2.35. The van der Waals surface area contributed by atoms with Crippen LogP contribution in [0.15, 0.2) is 18.2 Å². The number of rotatable bonds is 2. The Hall–Kier alpha value is -1.05. The maximum atomic E-state index is 13.1. The molecule has 1 saturated carbocycles. The van der Waals surface area contributed by atoms with Crippen molar-refractivity contribution in [3.05, 3.63) is 29.6 Å². The molecule has 1 nitrogen and oxygen atoms in total. The molecule has 12 heavy (non-hydrogen) atoms. The van der Waals surface area contributed by atoms with Crippen molar-refractivity contribution in [3.8, 4) is 5.75 Å². The number of hydrogen-bond acceptors (Lipinski definition) is 1. The lowest BCUT2D eigenvalue weighted by Crippen LogP contribution is -1.92. The summed E-state index contributed by atoms with van der Waals surface area (Å²) >= 11 is 0. The van der Waals surface area contributed by atoms with Gasteiger partial charge in [-0.3, -0.25) is 0 Å². The van der Waals surface area contributed by atoms with Crippen LogP contribution >= 0.6 is 0 Å². The molecule has 0 amide bonds. The molecule has 64 valence electrons. The maximum absolute atomic E-state index is 13.1. The number of aromatic hydroxyl groups is 1. The van der Waals surface area contributed by atoms with Gasteiger partial charge in [-0.15, -0.1) is 0 Å². The smallest absolute Gasteiger partial charge is 0.130 e. The monoisotopic (exact) mass is 166 g/mol. The third-order valence-electron chi connectivity index (χ3n) is 2.28. The fourth-order valence-electron chi connectivity index (χ4n) is 1.36. The van der Waals surface area contributed by atoms with E-state index < -0.39 is 0 Å². The quantitative estimate of drug-likeness (QED) is 0.715. The molecule has 2 heteroatoms. The summed E-state index contributed by atoms with van der Waals surface area (Å²) in [5, 5.41) is 9.33. The zero-order valence-electron chi connectivity index (χ0n) is 6.76. The molecular weight excluding hydrogens is 155 g/mol. The Kier molecular flexibility index (Phi) is 1.75. The van der Waals surface area contributed by atoms with Crippen molar-refractivity contribution in [1.82, 2.24) is 0 Å². The Bertz CT molecular complexity index is 272. The van der Waals surface area contributed by atoms with E-state index in [1.807, 2.05) is 0 Å². The predicted octanol–water partition coefficient (Wildman–Crippen LogP) is 2.48. The molecule has 0 saturated heterocycles. The minimum Gasteiger partial charge on any atom is -0.508 e. The summed E-state index contributed by atoms with van der Waals surface area (Å²) in [5.41, 5.74) is 0.486. The summed E-state index contributed by atoms with van der Waals surface area (Å²) in [6.45, 7) is 0. The van der Waals surface area contributed by atoms with Crippen LogP contribution < -0.4 is 0 Å². The van der Waals surface area contributed by atoms with E-state index in [0.29, 0.717) is 17.9 Å². The van der Waals surface area contributed by atoms with Crippen molar-refractivity contribution in [2.24, 2.45) is 5.92 Å². The van der Waals surface area contributed by atoms with E-state index in [1.165, 1.54) is 25.0 Å². The van der Waals surface area contributed by atoms with Crippen LogP contribution in [0.25, 0.3) is 0 Å². The first-order valence-electron chi connectivity index (χ1n) is 4.23. The van der Waals surface area contributed by atoms with Gasteiger partial charge < -0.3 is 5.11 Å². The van der Waals surface area contributed by atoms with Gasteiger partial charge in [-0.1, -0.05) is 6.07 Å². The zero-order valence-corrected chi connectivity index (χ0v) is 6.76. The highest BCUT2D eigenvalue weighted by molar-refractivity contribution is 5.33. The molecule has 0 atom stereocenters. The molecule has 1 fully saturated rings. The van der Waals surface area contributed by atoms with Crippen molar-refractivity contribution in [1.29, 1.82) is 0 Å². The van der Waals surface area contributed by atoms with E-state index in [2.05, 4.69) is 0 Å². The number of benzene rings is 1. The van der Waals surface area contributed by atoms with Crippen LogP contribution in [-0.2, 0) is 6.42 Å². The summed E-state index contributed by atoms with van der Waals surface area (Å²) in [6.07, 6.45) is 3.04. The van der Waals surface area contributed by atoms with Crippen molar-refractivity contribution >= 4 is 0 Å². The Morgan fingerprint density at radius 3 is 2.75 bits per heavy atom. The second-order valence-corrected chi connectivity index (χ2v) is 3.39. The topological polar surface area (TPSA) is 20.2 Å². The normalized spacial score (nSPS) is 16.4. The van der Waals surface area contributed by atoms with Crippen molar-refractivity contribution in [3.63, 3.8) is 0 Å². The highest BCUT2D eigenvalue weighted by atomic mass is 19.1. The zero-order chi connectivity index (χ0) is 8.55. The second-order valence-electron chi connectivity index (χ2n) is 3.39. The molecule has 0 aromatic heterocycles. The molecule has 0 bridgehead atoms. The van der Waals surface area contributed by atoms with Crippen LogP contribution in [0.3, 0.4) is 0 Å². The van der Waals surface area contributed by atoms with Gasteiger partial charge in [0, 0.05) is 5.56 Å². The summed E-state index contributed by atoms with van der Waals surface area (Å²) < 4.78 is 13.1. The first kappa shape index (κ1) is 7.59. The van der Waals surface area contributed by atoms with E-state index >= 15 is 0 Å². The third-order valence-corrected chi connectivity index (χ3v) is 2.28. The van der Waals surface area contributed by atoms with Crippen LogP contribution in [0.4, 0.5) is 4.39 Å². The largest absolute Gasteiger partial charge is 0.508 e. The summed E-state index contributed by atoms with van der Waals surface area (Å²) in [6, 6.07) is 4.47. The number of phenols is 1. The Morgan fingerprint density at radius 2 is 2.17 bits per heavy atom. The fraction of sp³-hybridized carbons (Fsp3) is 0.400. The molecule has 1 aromatic rings. The predicted molar refractivity (Wildman–Crippen MR) is 44.5 cm³/mol. The summed E-state index contributed by atoms with van der Waals surface area (Å²) in [7, 11) is 0. The first-order chi connectivity index (χ1) is 5.77. The van der Waals surface area contributed by atoms with E-state index in [9.17, 15) is 9.50 Å². The molecule has 0 heterocycles. The van der Waals surface area contributed by atoms with Crippen LogP contribution in [0, 0.1) is 11.7 Å². The lowest BCUT2D eigenvalue weighted by molar-refractivity contribution is 0.456. The van der Waals surface area contributed by atoms with Gasteiger partial charge in [0.1, 0.15) is 11.6 Å². The van der Waals surface area contributed by atoms with Crippen LogP contribution in [-0.4, -0.2) is 5.11 Å². The van der Waals surface area contributed by atoms with Crippen molar-refractivity contribution in [2.45, 2.75) is 19.3 Å². The van der Waals surface area contributed by atoms with E-state index in [0.717, 1.165) is 0 Å². The standard InChI is InChI=1S/C10H11FO/c11-9-2-1-3-10(12)8(9)6-7-4-5-7/h1-3,7,12H,4-6H2. The highest BCUT2D eigenvalue weighted by Gasteiger charge is 2.24. The molecule has 1 N–H and O–H groups in total. The Morgan fingerprint density at radius 1 is 1.42 bits per heavy atom. The minimum atomic E-state index is -0.276. The average molecular weight is 166 g/mol. The van der Waals surface area contributed by atoms with Gasteiger partial charge >= 0.3 is 0 Å². The third kappa shape index (κ3) is 1.42. The van der Waals surface area contributed by atoms with Gasteiger partial charge in [-0.25, -0.2) is 4.39 Å². The van der Waals surface area contributed by atoms with Crippen molar-refractivity contribution < 1.29 is 9.50 Å². The summed E-state index contributed by atoms with van der Waals surface area (Å²) in [4.78, 5) is 0. The lowest BCUT2D eigenvalue weighted by Gasteiger charge is -2.03. The Labute approximate surface area is 70.8 Å².